The van der Waals surface area contributed by atoms with Crippen LogP contribution in [0.5, 0.6) is 11.5 Å². The minimum absolute atomic E-state index is 0.276. The standard InChI is InChI=1S/C41H45BrN2O6/c1-8-49-34-20-29(19-30(42)38(34)50-22-28-15-9-12-23(2)18-28)35-36(39(46)43-31-16-10-13-24(3)26(31)5)33(45)21-41(7,48)37(35)40(47)44-32-17-11-14-25(4)27(32)6/h9-20,35-37,48H,8,21-22H2,1-7H3,(H,43,46)(H,44,47). The third-order valence-electron chi connectivity index (χ3n) is 9.74. The van der Waals surface area contributed by atoms with Crippen LogP contribution in [0.15, 0.2) is 77.3 Å². The lowest BCUT2D eigenvalue weighted by Gasteiger charge is -2.44. The third kappa shape index (κ3) is 7.79. The maximum atomic E-state index is 14.4. The first-order chi connectivity index (χ1) is 23.7. The number of aryl methyl sites for hydroxylation is 3. The molecule has 5 rings (SSSR count). The van der Waals surface area contributed by atoms with Crippen molar-refractivity contribution in [2.24, 2.45) is 11.8 Å². The molecule has 0 bridgehead atoms. The second-order valence-electron chi connectivity index (χ2n) is 13.5. The van der Waals surface area contributed by atoms with Crippen LogP contribution in [0.4, 0.5) is 11.4 Å². The smallest absolute Gasteiger partial charge is 0.235 e. The normalized spacial score (nSPS) is 20.3. The van der Waals surface area contributed by atoms with Gasteiger partial charge in [-0.15, -0.1) is 0 Å². The van der Waals surface area contributed by atoms with Gasteiger partial charge in [0.15, 0.2) is 11.5 Å². The molecule has 0 radical (unpaired) electrons. The fourth-order valence-corrected chi connectivity index (χ4v) is 7.40. The first-order valence-corrected chi connectivity index (χ1v) is 17.6. The lowest BCUT2D eigenvalue weighted by molar-refractivity contribution is -0.150. The first-order valence-electron chi connectivity index (χ1n) is 16.9. The minimum atomic E-state index is -1.78. The highest BCUT2D eigenvalue weighted by molar-refractivity contribution is 9.10. The molecule has 1 aliphatic rings. The van der Waals surface area contributed by atoms with Crippen LogP contribution in [-0.2, 0) is 21.0 Å². The van der Waals surface area contributed by atoms with Crippen molar-refractivity contribution in [3.05, 3.63) is 116 Å². The molecule has 4 aromatic rings. The second kappa shape index (κ2) is 15.2. The van der Waals surface area contributed by atoms with E-state index in [1.165, 1.54) is 6.92 Å². The molecule has 0 spiro atoms. The number of Topliss-reactive ketones (excluding diaryl/α,β-unsaturated/α-hetero) is 1. The molecule has 1 fully saturated rings. The molecule has 0 aromatic heterocycles. The number of ketones is 1. The number of anilines is 2. The van der Waals surface area contributed by atoms with Gasteiger partial charge < -0.3 is 25.2 Å². The number of carbonyl (C=O) groups is 3. The van der Waals surface area contributed by atoms with Gasteiger partial charge in [0.05, 0.1) is 22.6 Å². The van der Waals surface area contributed by atoms with E-state index in [4.69, 9.17) is 9.47 Å². The molecule has 4 atom stereocenters. The molecule has 0 heterocycles. The predicted molar refractivity (Wildman–Crippen MR) is 200 cm³/mol. The number of amides is 2. The Morgan fingerprint density at radius 3 is 2.06 bits per heavy atom. The molecule has 262 valence electrons. The van der Waals surface area contributed by atoms with E-state index in [2.05, 4.69) is 26.6 Å². The van der Waals surface area contributed by atoms with E-state index < -0.39 is 41.0 Å². The van der Waals surface area contributed by atoms with Crippen molar-refractivity contribution in [1.29, 1.82) is 0 Å². The van der Waals surface area contributed by atoms with Gasteiger partial charge in [-0.3, -0.25) is 14.4 Å². The maximum Gasteiger partial charge on any atom is 0.235 e. The largest absolute Gasteiger partial charge is 0.490 e. The minimum Gasteiger partial charge on any atom is -0.490 e. The summed E-state index contributed by atoms with van der Waals surface area (Å²) in [5.74, 6) is -4.26. The van der Waals surface area contributed by atoms with Crippen LogP contribution in [0.2, 0.25) is 0 Å². The molecule has 1 aliphatic carbocycles. The Morgan fingerprint density at radius 1 is 0.860 bits per heavy atom. The van der Waals surface area contributed by atoms with E-state index in [0.29, 0.717) is 39.5 Å². The van der Waals surface area contributed by atoms with Crippen LogP contribution in [0.25, 0.3) is 0 Å². The molecule has 0 saturated heterocycles. The van der Waals surface area contributed by atoms with Crippen LogP contribution >= 0.6 is 15.9 Å². The van der Waals surface area contributed by atoms with Gasteiger partial charge in [0, 0.05) is 23.7 Å². The van der Waals surface area contributed by atoms with E-state index in [-0.39, 0.29) is 13.0 Å². The predicted octanol–water partition coefficient (Wildman–Crippen LogP) is 8.29. The fraction of sp³-hybridized carbons (Fsp3) is 0.341. The molecule has 8 nitrogen and oxygen atoms in total. The lowest BCUT2D eigenvalue weighted by atomic mass is 9.61. The summed E-state index contributed by atoms with van der Waals surface area (Å²) < 4.78 is 12.9. The van der Waals surface area contributed by atoms with Crippen LogP contribution in [0, 0.1) is 46.5 Å². The number of nitrogens with one attached hydrogen (secondary N) is 2. The molecule has 3 N–H and O–H groups in total. The fourth-order valence-electron chi connectivity index (χ4n) is 6.83. The van der Waals surface area contributed by atoms with Crippen LogP contribution < -0.4 is 20.1 Å². The highest BCUT2D eigenvalue weighted by Gasteiger charge is 2.56. The number of carbonyl (C=O) groups excluding carboxylic acids is 3. The van der Waals surface area contributed by atoms with Gasteiger partial charge in [-0.1, -0.05) is 54.1 Å². The third-order valence-corrected chi connectivity index (χ3v) is 10.3. The van der Waals surface area contributed by atoms with Crippen LogP contribution in [-0.4, -0.2) is 34.9 Å². The summed E-state index contributed by atoms with van der Waals surface area (Å²) in [6, 6.07) is 22.6. The van der Waals surface area contributed by atoms with Crippen LogP contribution in [0.1, 0.15) is 65.1 Å². The van der Waals surface area contributed by atoms with Crippen molar-refractivity contribution in [3.8, 4) is 11.5 Å². The Labute approximate surface area is 302 Å². The van der Waals surface area contributed by atoms with Gasteiger partial charge >= 0.3 is 0 Å². The Balaban J connectivity index is 1.63. The molecule has 4 aromatic carbocycles. The molecular formula is C41H45BrN2O6. The number of aliphatic hydroxyl groups is 1. The number of hydrogen-bond acceptors (Lipinski definition) is 6. The molecule has 9 heteroatoms. The number of benzene rings is 4. The Kier molecular flexibility index (Phi) is 11.2. The van der Waals surface area contributed by atoms with Crippen molar-refractivity contribution in [1.82, 2.24) is 0 Å². The summed E-state index contributed by atoms with van der Waals surface area (Å²) in [5, 5.41) is 17.9. The molecule has 1 saturated carbocycles. The Morgan fingerprint density at radius 2 is 1.46 bits per heavy atom. The topological polar surface area (TPSA) is 114 Å². The number of ether oxygens (including phenoxy) is 2. The molecular weight excluding hydrogens is 696 g/mol. The van der Waals surface area contributed by atoms with E-state index in [9.17, 15) is 19.5 Å². The van der Waals surface area contributed by atoms with Crippen molar-refractivity contribution >= 4 is 44.9 Å². The molecule has 2 amide bonds. The van der Waals surface area contributed by atoms with Gasteiger partial charge in [-0.05, 0) is 122 Å². The maximum absolute atomic E-state index is 14.4. The number of hydrogen-bond donors (Lipinski definition) is 3. The number of halogens is 1. The summed E-state index contributed by atoms with van der Waals surface area (Å²) in [6.07, 6.45) is -0.379. The zero-order valence-electron chi connectivity index (χ0n) is 29.6. The average molecular weight is 742 g/mol. The summed E-state index contributed by atoms with van der Waals surface area (Å²) in [6.45, 7) is 13.6. The van der Waals surface area contributed by atoms with Gasteiger partial charge in [-0.2, -0.15) is 0 Å². The lowest BCUT2D eigenvalue weighted by Crippen LogP contribution is -2.56. The number of rotatable bonds is 10. The molecule has 0 aliphatic heterocycles. The van der Waals surface area contributed by atoms with E-state index in [0.717, 1.165) is 33.4 Å². The SMILES string of the molecule is CCOc1cc(C2C(C(=O)Nc3cccc(C)c3C)C(=O)CC(C)(O)C2C(=O)Nc2cccc(C)c2C)cc(Br)c1OCc1cccc(C)c1. The zero-order chi connectivity index (χ0) is 36.3. The van der Waals surface area contributed by atoms with Crippen molar-refractivity contribution < 1.29 is 29.0 Å². The van der Waals surface area contributed by atoms with Crippen molar-refractivity contribution in [2.75, 3.05) is 17.2 Å². The van der Waals surface area contributed by atoms with Gasteiger partial charge in [-0.25, -0.2) is 0 Å². The van der Waals surface area contributed by atoms with Gasteiger partial charge in [0.25, 0.3) is 0 Å². The van der Waals surface area contributed by atoms with Crippen molar-refractivity contribution in [3.63, 3.8) is 0 Å². The van der Waals surface area contributed by atoms with Crippen LogP contribution in [0.3, 0.4) is 0 Å². The van der Waals surface area contributed by atoms with Gasteiger partial charge in [0.1, 0.15) is 18.3 Å². The highest BCUT2D eigenvalue weighted by atomic mass is 79.9. The Bertz CT molecular complexity index is 1940. The molecule has 4 unspecified atom stereocenters. The monoisotopic (exact) mass is 740 g/mol. The van der Waals surface area contributed by atoms with E-state index in [1.807, 2.05) is 90.1 Å². The molecule has 50 heavy (non-hydrogen) atoms. The zero-order valence-corrected chi connectivity index (χ0v) is 31.2. The Hall–Kier alpha value is -4.47. The van der Waals surface area contributed by atoms with E-state index >= 15 is 0 Å². The summed E-state index contributed by atoms with van der Waals surface area (Å²) in [4.78, 5) is 42.8. The quantitative estimate of drug-likeness (QED) is 0.141. The highest BCUT2D eigenvalue weighted by Crippen LogP contribution is 2.50. The average Bonchev–Trinajstić information content (AvgIpc) is 3.04. The first kappa shape index (κ1) is 36.8. The second-order valence-corrected chi connectivity index (χ2v) is 14.3. The van der Waals surface area contributed by atoms with E-state index in [1.54, 1.807) is 24.3 Å². The van der Waals surface area contributed by atoms with Gasteiger partial charge in [0.2, 0.25) is 11.8 Å². The summed E-state index contributed by atoms with van der Waals surface area (Å²) in [5.41, 5.74) is 5.66. The van der Waals surface area contributed by atoms with Crippen molar-refractivity contribution in [2.45, 2.75) is 73.0 Å². The summed E-state index contributed by atoms with van der Waals surface area (Å²) in [7, 11) is 0. The summed E-state index contributed by atoms with van der Waals surface area (Å²) >= 11 is 3.67.